The van der Waals surface area contributed by atoms with Gasteiger partial charge < -0.3 is 5.32 Å². The van der Waals surface area contributed by atoms with Gasteiger partial charge in [0.1, 0.15) is 5.82 Å². The van der Waals surface area contributed by atoms with Crippen molar-refractivity contribution < 1.29 is 17.6 Å². The van der Waals surface area contributed by atoms with Gasteiger partial charge >= 0.3 is 6.18 Å². The topological polar surface area (TPSA) is 15.3 Å². The molecule has 0 unspecified atom stereocenters. The molecule has 1 heterocycles. The smallest absolute Gasteiger partial charge is 0.314 e. The van der Waals surface area contributed by atoms with Gasteiger partial charge in [-0.05, 0) is 30.5 Å². The van der Waals surface area contributed by atoms with Crippen LogP contribution in [0.2, 0.25) is 0 Å². The van der Waals surface area contributed by atoms with Crippen LogP contribution in [-0.4, -0.2) is 31.1 Å². The molecule has 1 aromatic rings. The van der Waals surface area contributed by atoms with E-state index in [4.69, 9.17) is 0 Å². The fourth-order valence-electron chi connectivity index (χ4n) is 2.89. The largest absolute Gasteiger partial charge is 0.416 e. The fourth-order valence-corrected chi connectivity index (χ4v) is 2.89. The highest BCUT2D eigenvalue weighted by atomic mass is 35.5. The molecule has 0 bridgehead atoms. The van der Waals surface area contributed by atoms with E-state index in [1.54, 1.807) is 0 Å². The van der Waals surface area contributed by atoms with E-state index in [1.165, 1.54) is 0 Å². The van der Waals surface area contributed by atoms with Crippen LogP contribution in [0.3, 0.4) is 0 Å². The van der Waals surface area contributed by atoms with Gasteiger partial charge in [-0.2, -0.15) is 13.2 Å². The molecule has 0 radical (unpaired) electrons. The van der Waals surface area contributed by atoms with Crippen molar-refractivity contribution in [3.63, 3.8) is 0 Å². The van der Waals surface area contributed by atoms with Crippen LogP contribution in [0.5, 0.6) is 0 Å². The zero-order chi connectivity index (χ0) is 16.3. The lowest BCUT2D eigenvalue weighted by atomic mass is 9.93. The normalized spacial score (nSPS) is 17.1. The minimum atomic E-state index is -4.45. The first kappa shape index (κ1) is 23.4. The van der Waals surface area contributed by atoms with Gasteiger partial charge in [-0.15, -0.1) is 24.8 Å². The van der Waals surface area contributed by atoms with Crippen LogP contribution in [0, 0.1) is 11.7 Å². The molecule has 0 aliphatic carbocycles. The summed E-state index contributed by atoms with van der Waals surface area (Å²) >= 11 is 0. The Morgan fingerprint density at radius 1 is 1.12 bits per heavy atom. The highest BCUT2D eigenvalue weighted by Gasteiger charge is 2.33. The number of halogens is 6. The molecule has 1 atom stereocenters. The second kappa shape index (κ2) is 9.80. The number of hydrogen-bond acceptors (Lipinski definition) is 2. The molecule has 1 aliphatic heterocycles. The van der Waals surface area contributed by atoms with Crippen molar-refractivity contribution in [3.05, 3.63) is 35.1 Å². The molecule has 0 amide bonds. The van der Waals surface area contributed by atoms with Gasteiger partial charge in [0.15, 0.2) is 0 Å². The summed E-state index contributed by atoms with van der Waals surface area (Å²) in [7, 11) is 0. The Morgan fingerprint density at radius 3 is 2.21 bits per heavy atom. The van der Waals surface area contributed by atoms with Crippen LogP contribution in [0.15, 0.2) is 18.2 Å². The van der Waals surface area contributed by atoms with Gasteiger partial charge in [0.2, 0.25) is 0 Å². The van der Waals surface area contributed by atoms with E-state index < -0.39 is 17.6 Å². The number of rotatable bonds is 4. The third kappa shape index (κ3) is 6.06. The first-order valence-electron chi connectivity index (χ1n) is 7.60. The maximum Gasteiger partial charge on any atom is 0.416 e. The van der Waals surface area contributed by atoms with Crippen molar-refractivity contribution in [2.24, 2.45) is 5.92 Å². The molecular formula is C16H24Cl2F4N2. The Kier molecular flexibility index (Phi) is 9.57. The molecule has 2 nitrogen and oxygen atoms in total. The Balaban J connectivity index is 0.00000264. The van der Waals surface area contributed by atoms with Crippen LogP contribution in [-0.2, 0) is 6.18 Å². The van der Waals surface area contributed by atoms with E-state index in [-0.39, 0.29) is 42.3 Å². The van der Waals surface area contributed by atoms with Gasteiger partial charge in [-0.1, -0.05) is 13.8 Å². The van der Waals surface area contributed by atoms with Crippen molar-refractivity contribution in [1.82, 2.24) is 10.2 Å². The molecule has 8 heteroatoms. The van der Waals surface area contributed by atoms with E-state index in [1.807, 2.05) is 13.8 Å². The number of piperazine rings is 1. The molecule has 1 aliphatic rings. The fraction of sp³-hybridized carbons (Fsp3) is 0.625. The molecule has 140 valence electrons. The van der Waals surface area contributed by atoms with Gasteiger partial charge in [0.05, 0.1) is 5.56 Å². The Labute approximate surface area is 152 Å². The molecule has 1 N–H and O–H groups in total. The average molecular weight is 391 g/mol. The Morgan fingerprint density at radius 2 is 1.71 bits per heavy atom. The van der Waals surface area contributed by atoms with Crippen molar-refractivity contribution in [2.45, 2.75) is 32.5 Å². The maximum absolute atomic E-state index is 14.2. The van der Waals surface area contributed by atoms with Crippen molar-refractivity contribution in [1.29, 1.82) is 0 Å². The predicted octanol–water partition coefficient (Wildman–Crippen LogP) is 4.68. The van der Waals surface area contributed by atoms with E-state index in [0.717, 1.165) is 31.3 Å². The van der Waals surface area contributed by atoms with E-state index in [2.05, 4.69) is 10.2 Å². The SMILES string of the molecule is CC(C)C[C@@H](c1cc(C(F)(F)F)ccc1F)N1CCNCC1.Cl.Cl. The third-order valence-electron chi connectivity index (χ3n) is 3.97. The van der Waals surface area contributed by atoms with Crippen molar-refractivity contribution >= 4 is 24.8 Å². The summed E-state index contributed by atoms with van der Waals surface area (Å²) < 4.78 is 53.0. The summed E-state index contributed by atoms with van der Waals surface area (Å²) in [6, 6.07) is 2.41. The van der Waals surface area contributed by atoms with Crippen LogP contribution in [0.25, 0.3) is 0 Å². The third-order valence-corrected chi connectivity index (χ3v) is 3.97. The van der Waals surface area contributed by atoms with E-state index in [9.17, 15) is 17.6 Å². The zero-order valence-electron chi connectivity index (χ0n) is 13.7. The minimum Gasteiger partial charge on any atom is -0.314 e. The van der Waals surface area contributed by atoms with E-state index in [0.29, 0.717) is 19.5 Å². The first-order chi connectivity index (χ1) is 10.3. The summed E-state index contributed by atoms with van der Waals surface area (Å²) in [5.74, 6) is -0.286. The monoisotopic (exact) mass is 390 g/mol. The summed E-state index contributed by atoms with van der Waals surface area (Å²) in [5, 5.41) is 3.21. The van der Waals surface area contributed by atoms with E-state index >= 15 is 0 Å². The first-order valence-corrected chi connectivity index (χ1v) is 7.60. The number of alkyl halides is 3. The van der Waals surface area contributed by atoms with Gasteiger partial charge in [-0.3, -0.25) is 4.90 Å². The number of nitrogens with zero attached hydrogens (tertiary/aromatic N) is 1. The van der Waals surface area contributed by atoms with Crippen LogP contribution < -0.4 is 5.32 Å². The highest BCUT2D eigenvalue weighted by Crippen LogP contribution is 2.35. The lowest BCUT2D eigenvalue weighted by Crippen LogP contribution is -2.45. The summed E-state index contributed by atoms with van der Waals surface area (Å²) in [6.07, 6.45) is -3.81. The van der Waals surface area contributed by atoms with Crippen LogP contribution in [0.4, 0.5) is 17.6 Å². The molecule has 0 aromatic heterocycles. The van der Waals surface area contributed by atoms with Gasteiger partial charge in [-0.25, -0.2) is 4.39 Å². The van der Waals surface area contributed by atoms with Crippen LogP contribution >= 0.6 is 24.8 Å². The molecule has 0 spiro atoms. The lowest BCUT2D eigenvalue weighted by Gasteiger charge is -2.36. The predicted molar refractivity (Wildman–Crippen MR) is 92.5 cm³/mol. The summed E-state index contributed by atoms with van der Waals surface area (Å²) in [6.45, 7) is 6.98. The van der Waals surface area contributed by atoms with Gasteiger partial charge in [0.25, 0.3) is 0 Å². The highest BCUT2D eigenvalue weighted by molar-refractivity contribution is 5.85. The second-order valence-corrected chi connectivity index (χ2v) is 6.17. The standard InChI is InChI=1S/C16H22F4N2.2ClH/c1-11(2)9-15(22-7-5-21-6-8-22)13-10-12(16(18,19)20)3-4-14(13)17;;/h3-4,10-11,15,21H,5-9H2,1-2H3;2*1H/t15-;;/m0../s1. The summed E-state index contributed by atoms with van der Waals surface area (Å²) in [4.78, 5) is 2.08. The number of nitrogens with one attached hydrogen (secondary N) is 1. The number of hydrogen-bond donors (Lipinski definition) is 1. The molecule has 2 rings (SSSR count). The van der Waals surface area contributed by atoms with Crippen LogP contribution in [0.1, 0.15) is 37.4 Å². The molecule has 1 aromatic carbocycles. The Bertz CT molecular complexity index is 503. The average Bonchev–Trinajstić information content (AvgIpc) is 2.45. The molecule has 1 fully saturated rings. The number of benzene rings is 1. The van der Waals surface area contributed by atoms with Gasteiger partial charge in [0, 0.05) is 37.8 Å². The molecule has 1 saturated heterocycles. The van der Waals surface area contributed by atoms with Crippen molar-refractivity contribution in [3.8, 4) is 0 Å². The van der Waals surface area contributed by atoms with Crippen molar-refractivity contribution in [2.75, 3.05) is 26.2 Å². The second-order valence-electron chi connectivity index (χ2n) is 6.17. The quantitative estimate of drug-likeness (QED) is 0.750. The lowest BCUT2D eigenvalue weighted by molar-refractivity contribution is -0.137. The Hall–Kier alpha value is -0.560. The summed E-state index contributed by atoms with van der Waals surface area (Å²) in [5.41, 5.74) is -0.627. The zero-order valence-corrected chi connectivity index (χ0v) is 15.3. The molecular weight excluding hydrogens is 367 g/mol. The maximum atomic E-state index is 14.2. The molecule has 24 heavy (non-hydrogen) atoms. The minimum absolute atomic E-state index is 0. The molecule has 0 saturated carbocycles.